The SMILES string of the molecule is CCN1CCN(C(=O)C(C)OC(=O)CC2Sc3ccc(Cl)cc3NC2=O)CC1. The van der Waals surface area contributed by atoms with Crippen LogP contribution in [0.3, 0.4) is 0 Å². The number of nitrogens with one attached hydrogen (secondary N) is 1. The molecule has 28 heavy (non-hydrogen) atoms. The topological polar surface area (TPSA) is 79.0 Å². The summed E-state index contributed by atoms with van der Waals surface area (Å²) < 4.78 is 5.32. The minimum absolute atomic E-state index is 0.0974. The van der Waals surface area contributed by atoms with Crippen LogP contribution in [-0.2, 0) is 19.1 Å². The van der Waals surface area contributed by atoms with Gasteiger partial charge in [-0.3, -0.25) is 14.4 Å². The van der Waals surface area contributed by atoms with Gasteiger partial charge in [0.25, 0.3) is 5.91 Å². The van der Waals surface area contributed by atoms with Crippen LogP contribution < -0.4 is 5.32 Å². The Bertz CT molecular complexity index is 768. The van der Waals surface area contributed by atoms with Crippen molar-refractivity contribution in [2.24, 2.45) is 0 Å². The van der Waals surface area contributed by atoms with Gasteiger partial charge >= 0.3 is 5.97 Å². The van der Waals surface area contributed by atoms with E-state index in [-0.39, 0.29) is 18.2 Å². The van der Waals surface area contributed by atoms with Gasteiger partial charge in [-0.2, -0.15) is 0 Å². The van der Waals surface area contributed by atoms with E-state index in [9.17, 15) is 14.4 Å². The third kappa shape index (κ3) is 4.98. The Hall–Kier alpha value is -1.77. The molecule has 2 atom stereocenters. The summed E-state index contributed by atoms with van der Waals surface area (Å²) in [5.41, 5.74) is 0.641. The number of anilines is 1. The first-order valence-electron chi connectivity index (χ1n) is 9.35. The molecule has 0 aromatic heterocycles. The molecule has 2 amide bonds. The summed E-state index contributed by atoms with van der Waals surface area (Å²) in [6.07, 6.45) is -0.955. The van der Waals surface area contributed by atoms with Gasteiger partial charge in [-0.05, 0) is 31.7 Å². The second-order valence-electron chi connectivity index (χ2n) is 6.83. The van der Waals surface area contributed by atoms with Gasteiger partial charge in [0.2, 0.25) is 5.91 Å². The zero-order valence-corrected chi connectivity index (χ0v) is 17.5. The lowest BCUT2D eigenvalue weighted by atomic mass is 10.2. The second kappa shape index (κ2) is 9.15. The number of fused-ring (bicyclic) bond motifs is 1. The minimum atomic E-state index is -0.858. The number of ether oxygens (including phenoxy) is 1. The molecule has 0 bridgehead atoms. The first-order chi connectivity index (χ1) is 13.4. The number of likely N-dealkylation sites (N-methyl/N-ethyl adjacent to an activating group) is 1. The number of hydrogen-bond acceptors (Lipinski definition) is 6. The van der Waals surface area contributed by atoms with Crippen LogP contribution in [0.5, 0.6) is 0 Å². The number of carbonyl (C=O) groups is 3. The van der Waals surface area contributed by atoms with Crippen molar-refractivity contribution in [2.75, 3.05) is 38.0 Å². The van der Waals surface area contributed by atoms with E-state index in [2.05, 4.69) is 17.1 Å². The Morgan fingerprint density at radius 2 is 2.04 bits per heavy atom. The highest BCUT2D eigenvalue weighted by Crippen LogP contribution is 2.38. The number of halogens is 1. The van der Waals surface area contributed by atoms with Crippen molar-refractivity contribution in [1.82, 2.24) is 9.80 Å². The molecule has 3 rings (SSSR count). The molecule has 1 saturated heterocycles. The zero-order chi connectivity index (χ0) is 20.3. The summed E-state index contributed by atoms with van der Waals surface area (Å²) in [5, 5.41) is 2.69. The maximum absolute atomic E-state index is 12.5. The van der Waals surface area contributed by atoms with Crippen molar-refractivity contribution in [3.63, 3.8) is 0 Å². The minimum Gasteiger partial charge on any atom is -0.452 e. The fraction of sp³-hybridized carbons (Fsp3) is 0.526. The van der Waals surface area contributed by atoms with Gasteiger partial charge < -0.3 is 19.9 Å². The summed E-state index contributed by atoms with van der Waals surface area (Å²) in [6, 6.07) is 5.22. The lowest BCUT2D eigenvalue weighted by Crippen LogP contribution is -2.51. The predicted molar refractivity (Wildman–Crippen MR) is 109 cm³/mol. The van der Waals surface area contributed by atoms with E-state index in [1.54, 1.807) is 24.0 Å². The van der Waals surface area contributed by atoms with Crippen LogP contribution in [0.4, 0.5) is 5.69 Å². The standard InChI is InChI=1S/C19H24ClN3O4S/c1-3-22-6-8-23(9-7-22)19(26)12(2)27-17(24)11-16-18(25)21-14-10-13(20)4-5-15(14)28-16/h4-5,10,12,16H,3,6-9,11H2,1-2H3,(H,21,25). The van der Waals surface area contributed by atoms with E-state index >= 15 is 0 Å². The molecule has 2 heterocycles. The van der Waals surface area contributed by atoms with Crippen molar-refractivity contribution in [2.45, 2.75) is 36.5 Å². The molecular formula is C19H24ClN3O4S. The van der Waals surface area contributed by atoms with Crippen molar-refractivity contribution in [1.29, 1.82) is 0 Å². The number of amides is 2. The first kappa shape index (κ1) is 21.0. The third-order valence-electron chi connectivity index (χ3n) is 4.90. The van der Waals surface area contributed by atoms with E-state index < -0.39 is 17.3 Å². The molecule has 1 aromatic rings. The molecule has 1 N–H and O–H groups in total. The average Bonchev–Trinajstić information content (AvgIpc) is 2.68. The first-order valence-corrected chi connectivity index (χ1v) is 10.6. The van der Waals surface area contributed by atoms with Crippen LogP contribution in [-0.4, -0.2) is 71.7 Å². The fourth-order valence-corrected chi connectivity index (χ4v) is 4.49. The van der Waals surface area contributed by atoms with Gasteiger partial charge in [-0.1, -0.05) is 18.5 Å². The normalized spacial score (nSPS) is 20.9. The number of nitrogens with zero attached hydrogens (tertiary/aromatic N) is 2. The second-order valence-corrected chi connectivity index (χ2v) is 8.51. The van der Waals surface area contributed by atoms with Crippen molar-refractivity contribution < 1.29 is 19.1 Å². The number of piperazine rings is 1. The number of benzene rings is 1. The number of hydrogen-bond donors (Lipinski definition) is 1. The molecule has 7 nitrogen and oxygen atoms in total. The van der Waals surface area contributed by atoms with Gasteiger partial charge in [0.1, 0.15) is 0 Å². The van der Waals surface area contributed by atoms with Crippen LogP contribution in [0.25, 0.3) is 0 Å². The van der Waals surface area contributed by atoms with E-state index in [1.807, 2.05) is 6.07 Å². The van der Waals surface area contributed by atoms with Gasteiger partial charge in [-0.15, -0.1) is 11.8 Å². The molecule has 2 aliphatic rings. The zero-order valence-electron chi connectivity index (χ0n) is 15.9. The van der Waals surface area contributed by atoms with Crippen LogP contribution in [0, 0.1) is 0 Å². The van der Waals surface area contributed by atoms with Gasteiger partial charge in [0.05, 0.1) is 17.4 Å². The van der Waals surface area contributed by atoms with E-state index in [0.29, 0.717) is 23.8 Å². The molecule has 152 valence electrons. The van der Waals surface area contributed by atoms with Crippen LogP contribution in [0.1, 0.15) is 20.3 Å². The summed E-state index contributed by atoms with van der Waals surface area (Å²) in [5.74, 6) is -1.02. The Morgan fingerprint density at radius 1 is 1.32 bits per heavy atom. The predicted octanol–water partition coefficient (Wildman–Crippen LogP) is 2.24. The summed E-state index contributed by atoms with van der Waals surface area (Å²) in [7, 11) is 0. The molecule has 2 unspecified atom stereocenters. The quantitative estimate of drug-likeness (QED) is 0.729. The van der Waals surface area contributed by atoms with Crippen molar-refractivity contribution >= 4 is 46.8 Å². The highest BCUT2D eigenvalue weighted by atomic mass is 35.5. The summed E-state index contributed by atoms with van der Waals surface area (Å²) in [6.45, 7) is 7.55. The molecule has 0 spiro atoms. The van der Waals surface area contributed by atoms with Crippen LogP contribution in [0.2, 0.25) is 5.02 Å². The third-order valence-corrected chi connectivity index (χ3v) is 6.41. The Balaban J connectivity index is 1.51. The van der Waals surface area contributed by atoms with Crippen molar-refractivity contribution in [3.8, 4) is 0 Å². The largest absolute Gasteiger partial charge is 0.452 e. The lowest BCUT2D eigenvalue weighted by molar-refractivity contribution is -0.160. The summed E-state index contributed by atoms with van der Waals surface area (Å²) >= 11 is 7.24. The number of rotatable bonds is 5. The maximum Gasteiger partial charge on any atom is 0.308 e. The molecule has 0 aliphatic carbocycles. The molecule has 2 aliphatic heterocycles. The van der Waals surface area contributed by atoms with Crippen LogP contribution in [0.15, 0.2) is 23.1 Å². The van der Waals surface area contributed by atoms with Crippen LogP contribution >= 0.6 is 23.4 Å². The highest BCUT2D eigenvalue weighted by molar-refractivity contribution is 8.01. The number of thioether (sulfide) groups is 1. The highest BCUT2D eigenvalue weighted by Gasteiger charge is 2.32. The van der Waals surface area contributed by atoms with Gasteiger partial charge in [-0.25, -0.2) is 0 Å². The Kier molecular flexibility index (Phi) is 6.85. The average molecular weight is 426 g/mol. The van der Waals surface area contributed by atoms with E-state index in [0.717, 1.165) is 24.5 Å². The number of esters is 1. The maximum atomic E-state index is 12.5. The molecule has 9 heteroatoms. The van der Waals surface area contributed by atoms with E-state index in [1.165, 1.54) is 11.8 Å². The van der Waals surface area contributed by atoms with Gasteiger partial charge in [0, 0.05) is 36.1 Å². The Morgan fingerprint density at radius 3 is 2.71 bits per heavy atom. The molecular weight excluding hydrogens is 402 g/mol. The fourth-order valence-electron chi connectivity index (χ4n) is 3.25. The molecule has 0 saturated carbocycles. The van der Waals surface area contributed by atoms with Gasteiger partial charge in [0.15, 0.2) is 6.10 Å². The number of carbonyl (C=O) groups excluding carboxylic acids is 3. The summed E-state index contributed by atoms with van der Waals surface area (Å²) in [4.78, 5) is 41.9. The Labute approximate surface area is 173 Å². The monoisotopic (exact) mass is 425 g/mol. The molecule has 1 aromatic carbocycles. The van der Waals surface area contributed by atoms with E-state index in [4.69, 9.17) is 16.3 Å². The van der Waals surface area contributed by atoms with Crippen molar-refractivity contribution in [3.05, 3.63) is 23.2 Å². The molecule has 0 radical (unpaired) electrons. The smallest absolute Gasteiger partial charge is 0.308 e. The molecule has 1 fully saturated rings. The lowest BCUT2D eigenvalue weighted by Gasteiger charge is -2.35.